The third kappa shape index (κ3) is 4.93. The van der Waals surface area contributed by atoms with Gasteiger partial charge in [0.25, 0.3) is 5.91 Å². The highest BCUT2D eigenvalue weighted by atomic mass is 16.4. The second-order valence-electron chi connectivity index (χ2n) is 10.5. The summed E-state index contributed by atoms with van der Waals surface area (Å²) in [4.78, 5) is 29.7. The van der Waals surface area contributed by atoms with Crippen molar-refractivity contribution in [1.29, 1.82) is 0 Å². The van der Waals surface area contributed by atoms with Gasteiger partial charge in [-0.1, -0.05) is 42.5 Å². The number of carboxylic acids is 1. The summed E-state index contributed by atoms with van der Waals surface area (Å²) < 4.78 is 0. The van der Waals surface area contributed by atoms with Gasteiger partial charge in [-0.25, -0.2) is 0 Å². The molecule has 0 radical (unpaired) electrons. The van der Waals surface area contributed by atoms with Crippen LogP contribution >= 0.6 is 0 Å². The lowest BCUT2D eigenvalue weighted by molar-refractivity contribution is -0.138. The monoisotopic (exact) mass is 482 g/mol. The van der Waals surface area contributed by atoms with E-state index in [4.69, 9.17) is 0 Å². The summed E-state index contributed by atoms with van der Waals surface area (Å²) in [5.41, 5.74) is 9.78. The standard InChI is InChI=1S/C31H34N2O3/c1-20-4-6-26(14-21(20)2)30(34)33-13-11-23-8-9-25(17-28(23)19-33)29(31(35)36)16-22-5-7-27-18-32(3)12-10-24(27)15-22/h4-9,14-15,17,29H,10-13,16,18-19H2,1-3H3,(H,35,36). The molecule has 3 aromatic carbocycles. The van der Waals surface area contributed by atoms with Crippen LogP contribution in [0.5, 0.6) is 0 Å². The van der Waals surface area contributed by atoms with Crippen LogP contribution in [-0.4, -0.2) is 46.9 Å². The van der Waals surface area contributed by atoms with Gasteiger partial charge >= 0.3 is 5.97 Å². The summed E-state index contributed by atoms with van der Waals surface area (Å²) in [6.45, 7) is 7.22. The summed E-state index contributed by atoms with van der Waals surface area (Å²) in [7, 11) is 2.13. The van der Waals surface area contributed by atoms with E-state index >= 15 is 0 Å². The number of carbonyl (C=O) groups is 2. The van der Waals surface area contributed by atoms with Gasteiger partial charge in [-0.15, -0.1) is 0 Å². The molecule has 186 valence electrons. The van der Waals surface area contributed by atoms with E-state index in [9.17, 15) is 14.7 Å². The Bertz CT molecular complexity index is 1330. The molecule has 0 saturated carbocycles. The molecule has 36 heavy (non-hydrogen) atoms. The first-order valence-electron chi connectivity index (χ1n) is 12.8. The van der Waals surface area contributed by atoms with E-state index in [2.05, 4.69) is 36.2 Å². The van der Waals surface area contributed by atoms with Crippen LogP contribution < -0.4 is 0 Å². The van der Waals surface area contributed by atoms with Gasteiger partial charge in [0.05, 0.1) is 5.92 Å². The number of benzene rings is 3. The van der Waals surface area contributed by atoms with E-state index in [0.717, 1.165) is 48.2 Å². The van der Waals surface area contributed by atoms with Crippen LogP contribution in [0.3, 0.4) is 0 Å². The quantitative estimate of drug-likeness (QED) is 0.562. The average molecular weight is 483 g/mol. The zero-order valence-electron chi connectivity index (χ0n) is 21.4. The molecule has 0 aromatic heterocycles. The number of carbonyl (C=O) groups excluding carboxylic acids is 1. The molecular formula is C31H34N2O3. The molecule has 0 fully saturated rings. The summed E-state index contributed by atoms with van der Waals surface area (Å²) in [6.07, 6.45) is 2.24. The Kier molecular flexibility index (Phi) is 6.67. The number of nitrogens with zero attached hydrogens (tertiary/aromatic N) is 2. The molecule has 2 heterocycles. The Balaban J connectivity index is 1.36. The molecule has 3 aromatic rings. The van der Waals surface area contributed by atoms with Crippen molar-refractivity contribution in [2.45, 2.75) is 52.1 Å². The maximum absolute atomic E-state index is 13.2. The van der Waals surface area contributed by atoms with Crippen LogP contribution in [0, 0.1) is 13.8 Å². The summed E-state index contributed by atoms with van der Waals surface area (Å²) in [5, 5.41) is 10.1. The molecule has 2 aliphatic rings. The lowest BCUT2D eigenvalue weighted by Crippen LogP contribution is -2.36. The molecule has 1 atom stereocenters. The van der Waals surface area contributed by atoms with Crippen LogP contribution in [0.15, 0.2) is 54.6 Å². The number of aryl methyl sites for hydroxylation is 2. The van der Waals surface area contributed by atoms with Crippen molar-refractivity contribution in [3.8, 4) is 0 Å². The number of hydrogen-bond acceptors (Lipinski definition) is 3. The Morgan fingerprint density at radius 1 is 0.833 bits per heavy atom. The highest BCUT2D eigenvalue weighted by molar-refractivity contribution is 5.94. The van der Waals surface area contributed by atoms with Crippen LogP contribution in [-0.2, 0) is 37.1 Å². The molecule has 0 aliphatic carbocycles. The Labute approximate surface area is 213 Å². The Morgan fingerprint density at radius 2 is 1.61 bits per heavy atom. The van der Waals surface area contributed by atoms with Crippen LogP contribution in [0.1, 0.15) is 60.8 Å². The minimum Gasteiger partial charge on any atom is -0.481 e. The van der Waals surface area contributed by atoms with E-state index in [0.29, 0.717) is 25.1 Å². The van der Waals surface area contributed by atoms with Gasteiger partial charge in [-0.05, 0) is 96.8 Å². The normalized spacial score (nSPS) is 16.2. The molecule has 5 nitrogen and oxygen atoms in total. The van der Waals surface area contributed by atoms with Crippen molar-refractivity contribution >= 4 is 11.9 Å². The van der Waals surface area contributed by atoms with Gasteiger partial charge in [0.2, 0.25) is 0 Å². The SMILES string of the molecule is Cc1ccc(C(=O)N2CCc3ccc(C(Cc4ccc5c(c4)CCN(C)C5)C(=O)O)cc3C2)cc1C. The molecule has 1 amide bonds. The number of fused-ring (bicyclic) bond motifs is 2. The lowest BCUT2D eigenvalue weighted by Gasteiger charge is -2.30. The predicted molar refractivity (Wildman–Crippen MR) is 141 cm³/mol. The second kappa shape index (κ2) is 9.90. The van der Waals surface area contributed by atoms with Crippen molar-refractivity contribution < 1.29 is 14.7 Å². The van der Waals surface area contributed by atoms with Crippen LogP contribution in [0.4, 0.5) is 0 Å². The number of likely N-dealkylation sites (N-methyl/N-ethyl adjacent to an activating group) is 1. The molecule has 1 unspecified atom stereocenters. The van der Waals surface area contributed by atoms with Gasteiger partial charge in [-0.3, -0.25) is 9.59 Å². The molecule has 2 aliphatic heterocycles. The zero-order chi connectivity index (χ0) is 25.4. The van der Waals surface area contributed by atoms with E-state index in [1.165, 1.54) is 22.3 Å². The van der Waals surface area contributed by atoms with Crippen molar-refractivity contribution in [1.82, 2.24) is 9.80 Å². The summed E-state index contributed by atoms with van der Waals surface area (Å²) in [6, 6.07) is 18.3. The first kappa shape index (κ1) is 24.3. The number of hydrogen-bond donors (Lipinski definition) is 1. The fourth-order valence-electron chi connectivity index (χ4n) is 5.48. The third-order valence-corrected chi connectivity index (χ3v) is 7.90. The van der Waals surface area contributed by atoms with E-state index in [1.807, 2.05) is 49.1 Å². The molecule has 0 saturated heterocycles. The fraction of sp³-hybridized carbons (Fsp3) is 0.355. The summed E-state index contributed by atoms with van der Waals surface area (Å²) in [5.74, 6) is -1.40. The minimum absolute atomic E-state index is 0.0311. The topological polar surface area (TPSA) is 60.9 Å². The smallest absolute Gasteiger partial charge is 0.311 e. The van der Waals surface area contributed by atoms with Crippen molar-refractivity contribution in [3.63, 3.8) is 0 Å². The van der Waals surface area contributed by atoms with Crippen LogP contribution in [0.2, 0.25) is 0 Å². The first-order valence-corrected chi connectivity index (χ1v) is 12.8. The van der Waals surface area contributed by atoms with Gasteiger partial charge in [0.15, 0.2) is 0 Å². The van der Waals surface area contributed by atoms with Crippen LogP contribution in [0.25, 0.3) is 0 Å². The highest BCUT2D eigenvalue weighted by Gasteiger charge is 2.26. The summed E-state index contributed by atoms with van der Waals surface area (Å²) >= 11 is 0. The minimum atomic E-state index is -0.814. The predicted octanol–water partition coefficient (Wildman–Crippen LogP) is 4.90. The molecule has 5 heteroatoms. The number of carboxylic acid groups (broad SMARTS) is 1. The molecule has 0 spiro atoms. The number of rotatable bonds is 5. The second-order valence-corrected chi connectivity index (χ2v) is 10.5. The van der Waals surface area contributed by atoms with Crippen molar-refractivity contribution in [3.05, 3.63) is 105 Å². The maximum Gasteiger partial charge on any atom is 0.311 e. The van der Waals surface area contributed by atoms with Crippen molar-refractivity contribution in [2.24, 2.45) is 0 Å². The molecule has 0 bridgehead atoms. The largest absolute Gasteiger partial charge is 0.481 e. The third-order valence-electron chi connectivity index (χ3n) is 7.90. The van der Waals surface area contributed by atoms with Crippen molar-refractivity contribution in [2.75, 3.05) is 20.1 Å². The molecule has 5 rings (SSSR count). The van der Waals surface area contributed by atoms with E-state index in [1.54, 1.807) is 0 Å². The fourth-order valence-corrected chi connectivity index (χ4v) is 5.48. The highest BCUT2D eigenvalue weighted by Crippen LogP contribution is 2.29. The Hall–Kier alpha value is -3.44. The van der Waals surface area contributed by atoms with Gasteiger partial charge < -0.3 is 14.9 Å². The maximum atomic E-state index is 13.2. The molecular weight excluding hydrogens is 448 g/mol. The lowest BCUT2D eigenvalue weighted by atomic mass is 9.87. The van der Waals surface area contributed by atoms with Gasteiger partial charge in [-0.2, -0.15) is 0 Å². The Morgan fingerprint density at radius 3 is 2.39 bits per heavy atom. The van der Waals surface area contributed by atoms with Gasteiger partial charge in [0, 0.05) is 31.7 Å². The number of amides is 1. The average Bonchev–Trinajstić information content (AvgIpc) is 2.87. The van der Waals surface area contributed by atoms with E-state index in [-0.39, 0.29) is 5.91 Å². The van der Waals surface area contributed by atoms with Gasteiger partial charge in [0.1, 0.15) is 0 Å². The van der Waals surface area contributed by atoms with E-state index < -0.39 is 11.9 Å². The zero-order valence-corrected chi connectivity index (χ0v) is 21.4. The molecule has 1 N–H and O–H groups in total. The number of aliphatic carboxylic acids is 1. The first-order chi connectivity index (χ1) is 17.3.